The van der Waals surface area contributed by atoms with Gasteiger partial charge in [0.2, 0.25) is 0 Å². The standard InChI is InChI=1S/C18H27N5OS.HI/c1-13(17-14(2)21-24-15(17)3)12-20-18(19-4)23-9-7-22(8-10-23)16-6-5-11-25-16;/h5-6,11,13H,7-10,12H2,1-4H3,(H,19,20);1H. The summed E-state index contributed by atoms with van der Waals surface area (Å²) in [6.45, 7) is 11.0. The van der Waals surface area contributed by atoms with Crippen LogP contribution in [0.5, 0.6) is 0 Å². The van der Waals surface area contributed by atoms with E-state index in [1.807, 2.05) is 20.9 Å². The summed E-state index contributed by atoms with van der Waals surface area (Å²) in [5.41, 5.74) is 2.18. The summed E-state index contributed by atoms with van der Waals surface area (Å²) in [6.07, 6.45) is 0. The first-order chi connectivity index (χ1) is 12.1. The number of thiophene rings is 1. The van der Waals surface area contributed by atoms with Gasteiger partial charge in [0.05, 0.1) is 10.7 Å². The van der Waals surface area contributed by atoms with Gasteiger partial charge in [-0.15, -0.1) is 35.3 Å². The van der Waals surface area contributed by atoms with Crippen LogP contribution in [0.3, 0.4) is 0 Å². The van der Waals surface area contributed by atoms with Crippen LogP contribution < -0.4 is 10.2 Å². The van der Waals surface area contributed by atoms with E-state index in [1.165, 1.54) is 10.6 Å². The lowest BCUT2D eigenvalue weighted by Crippen LogP contribution is -2.52. The van der Waals surface area contributed by atoms with Gasteiger partial charge in [0.1, 0.15) is 5.76 Å². The van der Waals surface area contributed by atoms with Gasteiger partial charge in [0.15, 0.2) is 5.96 Å². The number of nitrogens with one attached hydrogen (secondary N) is 1. The highest BCUT2D eigenvalue weighted by Gasteiger charge is 2.22. The monoisotopic (exact) mass is 489 g/mol. The van der Waals surface area contributed by atoms with Crippen LogP contribution in [0.25, 0.3) is 0 Å². The van der Waals surface area contributed by atoms with Crippen molar-refractivity contribution in [2.45, 2.75) is 26.7 Å². The first-order valence-electron chi connectivity index (χ1n) is 8.77. The second kappa shape index (κ2) is 9.59. The molecular weight excluding hydrogens is 461 g/mol. The van der Waals surface area contributed by atoms with E-state index in [-0.39, 0.29) is 24.0 Å². The smallest absolute Gasteiger partial charge is 0.193 e. The molecule has 144 valence electrons. The quantitative estimate of drug-likeness (QED) is 0.405. The fraction of sp³-hybridized carbons (Fsp3) is 0.556. The molecular formula is C18H28IN5OS. The molecule has 8 heteroatoms. The van der Waals surface area contributed by atoms with Gasteiger partial charge in [-0.1, -0.05) is 12.1 Å². The first kappa shape index (κ1) is 21.0. The third kappa shape index (κ3) is 4.70. The first-order valence-corrected chi connectivity index (χ1v) is 9.65. The third-order valence-electron chi connectivity index (χ3n) is 4.76. The molecule has 3 heterocycles. The SMILES string of the molecule is CN=C(NCC(C)c1c(C)noc1C)N1CCN(c2cccs2)CC1.I. The van der Waals surface area contributed by atoms with Crippen LogP contribution in [-0.2, 0) is 0 Å². The fourth-order valence-corrected chi connectivity index (χ4v) is 4.25. The van der Waals surface area contributed by atoms with E-state index >= 15 is 0 Å². The number of aliphatic imine (C=N–C) groups is 1. The Kier molecular flexibility index (Phi) is 7.75. The van der Waals surface area contributed by atoms with Crippen molar-refractivity contribution in [3.8, 4) is 0 Å². The minimum absolute atomic E-state index is 0. The molecule has 0 spiro atoms. The summed E-state index contributed by atoms with van der Waals surface area (Å²) in [5.74, 6) is 2.21. The Hall–Kier alpha value is -1.29. The summed E-state index contributed by atoms with van der Waals surface area (Å²) in [7, 11) is 1.86. The Labute approximate surface area is 176 Å². The van der Waals surface area contributed by atoms with Crippen LogP contribution in [0.4, 0.5) is 5.00 Å². The van der Waals surface area contributed by atoms with Crippen molar-refractivity contribution in [1.82, 2.24) is 15.4 Å². The number of halogens is 1. The predicted molar refractivity (Wildman–Crippen MR) is 119 cm³/mol. The number of guanidine groups is 1. The zero-order chi connectivity index (χ0) is 17.8. The summed E-state index contributed by atoms with van der Waals surface area (Å²) >= 11 is 1.81. The van der Waals surface area contributed by atoms with E-state index in [2.05, 4.69) is 49.7 Å². The molecule has 2 aromatic heterocycles. The van der Waals surface area contributed by atoms with Gasteiger partial charge < -0.3 is 19.6 Å². The van der Waals surface area contributed by atoms with Crippen molar-refractivity contribution in [2.24, 2.45) is 4.99 Å². The predicted octanol–water partition coefficient (Wildman–Crippen LogP) is 3.47. The van der Waals surface area contributed by atoms with E-state index in [9.17, 15) is 0 Å². The van der Waals surface area contributed by atoms with Crippen LogP contribution in [0, 0.1) is 13.8 Å². The van der Waals surface area contributed by atoms with Crippen LogP contribution in [0.2, 0.25) is 0 Å². The molecule has 1 atom stereocenters. The normalized spacial score (nSPS) is 16.4. The topological polar surface area (TPSA) is 56.9 Å². The van der Waals surface area contributed by atoms with E-state index in [4.69, 9.17) is 4.52 Å². The van der Waals surface area contributed by atoms with Gasteiger partial charge in [0.25, 0.3) is 0 Å². The zero-order valence-corrected chi connectivity index (χ0v) is 19.0. The largest absolute Gasteiger partial charge is 0.361 e. The van der Waals surface area contributed by atoms with Gasteiger partial charge in [-0.2, -0.15) is 0 Å². The minimum atomic E-state index is 0. The Morgan fingerprint density at radius 3 is 2.62 bits per heavy atom. The molecule has 3 rings (SSSR count). The molecule has 1 fully saturated rings. The maximum atomic E-state index is 5.29. The molecule has 0 amide bonds. The number of piperazine rings is 1. The molecule has 1 aliphatic rings. The summed E-state index contributed by atoms with van der Waals surface area (Å²) in [4.78, 5) is 9.26. The molecule has 1 aliphatic heterocycles. The van der Waals surface area contributed by atoms with Crippen molar-refractivity contribution in [3.63, 3.8) is 0 Å². The van der Waals surface area contributed by atoms with Gasteiger partial charge >= 0.3 is 0 Å². The Bertz CT molecular complexity index is 688. The number of anilines is 1. The number of hydrogen-bond acceptors (Lipinski definition) is 5. The molecule has 2 aromatic rings. The molecule has 1 N–H and O–H groups in total. The van der Waals surface area contributed by atoms with Crippen LogP contribution in [-0.4, -0.2) is 55.8 Å². The van der Waals surface area contributed by atoms with Gasteiger partial charge in [-0.05, 0) is 31.4 Å². The average Bonchev–Trinajstić information content (AvgIpc) is 3.26. The number of nitrogens with zero attached hydrogens (tertiary/aromatic N) is 4. The van der Waals surface area contributed by atoms with Crippen molar-refractivity contribution in [2.75, 3.05) is 44.7 Å². The summed E-state index contributed by atoms with van der Waals surface area (Å²) < 4.78 is 5.29. The highest BCUT2D eigenvalue weighted by molar-refractivity contribution is 14.0. The number of hydrogen-bond donors (Lipinski definition) is 1. The van der Waals surface area contributed by atoms with E-state index in [0.717, 1.165) is 50.1 Å². The Balaban J connectivity index is 0.00000243. The molecule has 0 bridgehead atoms. The van der Waals surface area contributed by atoms with Crippen LogP contribution in [0.15, 0.2) is 27.0 Å². The molecule has 26 heavy (non-hydrogen) atoms. The second-order valence-electron chi connectivity index (χ2n) is 6.49. The van der Waals surface area contributed by atoms with E-state index in [0.29, 0.717) is 5.92 Å². The van der Waals surface area contributed by atoms with Crippen LogP contribution in [0.1, 0.15) is 29.9 Å². The third-order valence-corrected chi connectivity index (χ3v) is 5.69. The van der Waals surface area contributed by atoms with Crippen LogP contribution >= 0.6 is 35.3 Å². The number of aryl methyl sites for hydroxylation is 2. The second-order valence-corrected chi connectivity index (χ2v) is 7.42. The average molecular weight is 489 g/mol. The maximum Gasteiger partial charge on any atom is 0.193 e. The van der Waals surface area contributed by atoms with Crippen molar-refractivity contribution >= 4 is 46.3 Å². The minimum Gasteiger partial charge on any atom is -0.361 e. The highest BCUT2D eigenvalue weighted by Crippen LogP contribution is 2.23. The number of rotatable bonds is 4. The van der Waals surface area contributed by atoms with Crippen molar-refractivity contribution in [3.05, 3.63) is 34.5 Å². The zero-order valence-electron chi connectivity index (χ0n) is 15.9. The van der Waals surface area contributed by atoms with E-state index in [1.54, 1.807) is 11.3 Å². The molecule has 1 saturated heterocycles. The van der Waals surface area contributed by atoms with Crippen molar-refractivity contribution < 1.29 is 4.52 Å². The van der Waals surface area contributed by atoms with Gasteiger partial charge in [-0.3, -0.25) is 4.99 Å². The molecule has 1 unspecified atom stereocenters. The molecule has 0 aliphatic carbocycles. The Morgan fingerprint density at radius 1 is 1.35 bits per heavy atom. The van der Waals surface area contributed by atoms with E-state index < -0.39 is 0 Å². The highest BCUT2D eigenvalue weighted by atomic mass is 127. The van der Waals surface area contributed by atoms with Gasteiger partial charge in [-0.25, -0.2) is 0 Å². The summed E-state index contributed by atoms with van der Waals surface area (Å²) in [5, 5.41) is 11.1. The Morgan fingerprint density at radius 2 is 2.08 bits per heavy atom. The lowest BCUT2D eigenvalue weighted by molar-refractivity contribution is 0.372. The molecule has 0 saturated carbocycles. The lowest BCUT2D eigenvalue weighted by Gasteiger charge is -2.37. The lowest BCUT2D eigenvalue weighted by atomic mass is 10.00. The molecule has 0 aromatic carbocycles. The van der Waals surface area contributed by atoms with Crippen molar-refractivity contribution in [1.29, 1.82) is 0 Å². The fourth-order valence-electron chi connectivity index (χ4n) is 3.46. The molecule has 0 radical (unpaired) electrons. The molecule has 6 nitrogen and oxygen atoms in total. The van der Waals surface area contributed by atoms with Gasteiger partial charge in [0, 0.05) is 51.3 Å². The summed E-state index contributed by atoms with van der Waals surface area (Å²) in [6, 6.07) is 4.31. The number of aromatic nitrogens is 1. The maximum absolute atomic E-state index is 5.29.